The van der Waals surface area contributed by atoms with E-state index in [2.05, 4.69) is 197 Å². The van der Waals surface area contributed by atoms with E-state index in [-0.39, 0.29) is 0 Å². The standard InChI is InChI=1S/C52H32N2O/c1-3-14-33(15-4-1)34-16-11-19-37(30-34)54-45-29-28-35(38-22-13-26-46-50(38)41-21-7-9-25-44(41)53(46)36-17-5-2-6-18-36)31-43(45)51-42-24-12-23-40-39-20-8-10-27-48(39)55-49(52(40)42)32-47(51)54/h1-32H. The van der Waals surface area contributed by atoms with Crippen molar-refractivity contribution >= 4 is 54.4 Å². The van der Waals surface area contributed by atoms with Crippen LogP contribution < -0.4 is 4.74 Å². The SMILES string of the molecule is c1ccc(-c2cccc(-n3c4ccc(-c5cccc6c5c5ccccc5n6-c5ccccc5)cc4c4c5cccc6c5c(cc43)Oc3ccccc3-6)c2)cc1. The Bertz CT molecular complexity index is 3330. The Morgan fingerprint density at radius 3 is 1.84 bits per heavy atom. The van der Waals surface area contributed by atoms with Crippen molar-refractivity contribution in [2.24, 2.45) is 0 Å². The summed E-state index contributed by atoms with van der Waals surface area (Å²) in [6, 6.07) is 70.1. The summed E-state index contributed by atoms with van der Waals surface area (Å²) in [7, 11) is 0. The van der Waals surface area contributed by atoms with Gasteiger partial charge in [0.1, 0.15) is 11.5 Å². The van der Waals surface area contributed by atoms with Gasteiger partial charge in [0.05, 0.1) is 22.1 Å². The Kier molecular flexibility index (Phi) is 6.34. The van der Waals surface area contributed by atoms with E-state index in [4.69, 9.17) is 4.74 Å². The molecule has 55 heavy (non-hydrogen) atoms. The van der Waals surface area contributed by atoms with Gasteiger partial charge in [0.2, 0.25) is 0 Å². The Labute approximate surface area is 317 Å². The molecule has 0 saturated carbocycles. The van der Waals surface area contributed by atoms with Gasteiger partial charge in [-0.2, -0.15) is 0 Å². The van der Waals surface area contributed by atoms with Crippen molar-refractivity contribution in [3.8, 4) is 56.3 Å². The molecular weight excluding hydrogens is 669 g/mol. The average Bonchev–Trinajstić information content (AvgIpc) is 3.77. The number of nitrogens with zero attached hydrogens (tertiary/aromatic N) is 2. The summed E-state index contributed by atoms with van der Waals surface area (Å²) < 4.78 is 11.6. The number of benzene rings is 9. The van der Waals surface area contributed by atoms with E-state index in [1.54, 1.807) is 0 Å². The largest absolute Gasteiger partial charge is 0.456 e. The molecular formula is C52H32N2O. The van der Waals surface area contributed by atoms with E-state index in [9.17, 15) is 0 Å². The van der Waals surface area contributed by atoms with Crippen molar-refractivity contribution in [2.75, 3.05) is 0 Å². The number of rotatable bonds is 4. The van der Waals surface area contributed by atoms with Crippen LogP contribution in [-0.4, -0.2) is 9.13 Å². The second-order valence-corrected chi connectivity index (χ2v) is 14.5. The van der Waals surface area contributed by atoms with E-state index in [0.29, 0.717) is 0 Å². The maximum Gasteiger partial charge on any atom is 0.138 e. The summed E-state index contributed by atoms with van der Waals surface area (Å²) in [6.07, 6.45) is 0. The molecule has 3 heteroatoms. The third kappa shape index (κ3) is 4.38. The van der Waals surface area contributed by atoms with Crippen molar-refractivity contribution in [1.82, 2.24) is 9.13 Å². The smallest absolute Gasteiger partial charge is 0.138 e. The Hall–Kier alpha value is -7.36. The molecule has 0 amide bonds. The highest BCUT2D eigenvalue weighted by molar-refractivity contribution is 6.26. The van der Waals surface area contributed by atoms with Gasteiger partial charge in [0.25, 0.3) is 0 Å². The van der Waals surface area contributed by atoms with Crippen LogP contribution >= 0.6 is 0 Å². The van der Waals surface area contributed by atoms with Gasteiger partial charge in [-0.1, -0.05) is 133 Å². The van der Waals surface area contributed by atoms with Gasteiger partial charge in [-0.15, -0.1) is 0 Å². The first kappa shape index (κ1) is 30.1. The van der Waals surface area contributed by atoms with Gasteiger partial charge < -0.3 is 13.9 Å². The maximum atomic E-state index is 6.74. The fourth-order valence-electron chi connectivity index (χ4n) is 9.17. The van der Waals surface area contributed by atoms with Crippen LogP contribution in [0.1, 0.15) is 0 Å². The van der Waals surface area contributed by atoms with Crippen molar-refractivity contribution in [2.45, 2.75) is 0 Å². The molecule has 0 unspecified atom stereocenters. The second-order valence-electron chi connectivity index (χ2n) is 14.5. The van der Waals surface area contributed by atoms with Crippen LogP contribution in [0.4, 0.5) is 0 Å². The van der Waals surface area contributed by atoms with E-state index in [0.717, 1.165) is 44.9 Å². The van der Waals surface area contributed by atoms with E-state index in [1.165, 1.54) is 65.8 Å². The van der Waals surface area contributed by atoms with Crippen LogP contribution in [0.3, 0.4) is 0 Å². The predicted molar refractivity (Wildman–Crippen MR) is 229 cm³/mol. The summed E-state index contributed by atoms with van der Waals surface area (Å²) in [6.45, 7) is 0. The number of hydrogen-bond acceptors (Lipinski definition) is 1. The van der Waals surface area contributed by atoms with Crippen LogP contribution in [0, 0.1) is 0 Å². The molecule has 3 nitrogen and oxygen atoms in total. The Morgan fingerprint density at radius 1 is 0.291 bits per heavy atom. The average molecular weight is 701 g/mol. The zero-order chi connectivity index (χ0) is 36.0. The molecule has 0 saturated heterocycles. The van der Waals surface area contributed by atoms with Crippen molar-refractivity contribution in [3.63, 3.8) is 0 Å². The molecule has 0 fully saturated rings. The highest BCUT2D eigenvalue weighted by Crippen LogP contribution is 2.51. The maximum absolute atomic E-state index is 6.74. The summed E-state index contributed by atoms with van der Waals surface area (Å²) in [5.41, 5.74) is 14.1. The van der Waals surface area contributed by atoms with E-state index < -0.39 is 0 Å². The van der Waals surface area contributed by atoms with Gasteiger partial charge in [0, 0.05) is 49.9 Å². The minimum absolute atomic E-state index is 0.888. The highest BCUT2D eigenvalue weighted by atomic mass is 16.5. The third-order valence-corrected chi connectivity index (χ3v) is 11.5. The van der Waals surface area contributed by atoms with Crippen LogP contribution in [0.2, 0.25) is 0 Å². The topological polar surface area (TPSA) is 19.1 Å². The lowest BCUT2D eigenvalue weighted by molar-refractivity contribution is 0.487. The molecule has 0 N–H and O–H groups in total. The molecule has 2 aromatic heterocycles. The lowest BCUT2D eigenvalue weighted by Gasteiger charge is -2.22. The van der Waals surface area contributed by atoms with E-state index in [1.807, 2.05) is 6.07 Å². The molecule has 0 aliphatic carbocycles. The summed E-state index contributed by atoms with van der Waals surface area (Å²) in [4.78, 5) is 0. The lowest BCUT2D eigenvalue weighted by atomic mass is 9.92. The molecule has 1 aliphatic rings. The Morgan fingerprint density at radius 2 is 0.927 bits per heavy atom. The predicted octanol–water partition coefficient (Wildman–Crippen LogP) is 14.1. The summed E-state index contributed by atoms with van der Waals surface area (Å²) >= 11 is 0. The van der Waals surface area contributed by atoms with Crippen molar-refractivity contribution < 1.29 is 4.74 Å². The van der Waals surface area contributed by atoms with Gasteiger partial charge >= 0.3 is 0 Å². The molecule has 0 bridgehead atoms. The Balaban J connectivity index is 1.18. The minimum Gasteiger partial charge on any atom is -0.456 e. The molecule has 0 radical (unpaired) electrons. The fraction of sp³-hybridized carbons (Fsp3) is 0. The monoisotopic (exact) mass is 700 g/mol. The van der Waals surface area contributed by atoms with Gasteiger partial charge in [0.15, 0.2) is 0 Å². The van der Waals surface area contributed by atoms with Crippen LogP contribution in [0.25, 0.3) is 99.1 Å². The molecule has 9 aromatic carbocycles. The van der Waals surface area contributed by atoms with Crippen molar-refractivity contribution in [1.29, 1.82) is 0 Å². The molecule has 3 heterocycles. The summed E-state index contributed by atoms with van der Waals surface area (Å²) in [5, 5.41) is 7.29. The molecule has 0 spiro atoms. The fourth-order valence-corrected chi connectivity index (χ4v) is 9.17. The highest BCUT2D eigenvalue weighted by Gasteiger charge is 2.25. The zero-order valence-electron chi connectivity index (χ0n) is 29.8. The number of fused-ring (bicyclic) bond motifs is 9. The van der Waals surface area contributed by atoms with Crippen LogP contribution in [-0.2, 0) is 0 Å². The molecule has 11 aromatic rings. The number of para-hydroxylation sites is 3. The number of aromatic nitrogens is 2. The quantitative estimate of drug-likeness (QED) is 0.179. The first-order valence-electron chi connectivity index (χ1n) is 18.9. The zero-order valence-corrected chi connectivity index (χ0v) is 29.8. The number of ether oxygens (including phenoxy) is 1. The molecule has 256 valence electrons. The van der Waals surface area contributed by atoms with Gasteiger partial charge in [-0.25, -0.2) is 0 Å². The molecule has 12 rings (SSSR count). The first-order valence-corrected chi connectivity index (χ1v) is 18.9. The van der Waals surface area contributed by atoms with Crippen LogP contribution in [0.5, 0.6) is 11.5 Å². The first-order chi connectivity index (χ1) is 27.3. The molecule has 1 aliphatic heterocycles. The normalized spacial score (nSPS) is 12.1. The second kappa shape index (κ2) is 11.6. The van der Waals surface area contributed by atoms with Crippen LogP contribution in [0.15, 0.2) is 194 Å². The minimum atomic E-state index is 0.888. The van der Waals surface area contributed by atoms with Gasteiger partial charge in [-0.3, -0.25) is 0 Å². The number of hydrogen-bond donors (Lipinski definition) is 0. The third-order valence-electron chi connectivity index (χ3n) is 11.5. The lowest BCUT2D eigenvalue weighted by Crippen LogP contribution is -1.99. The van der Waals surface area contributed by atoms with Crippen molar-refractivity contribution in [3.05, 3.63) is 194 Å². The summed E-state index contributed by atoms with van der Waals surface area (Å²) in [5.74, 6) is 1.78. The van der Waals surface area contributed by atoms with Gasteiger partial charge in [-0.05, 0) is 87.8 Å². The van der Waals surface area contributed by atoms with E-state index >= 15 is 0 Å². The molecule has 0 atom stereocenters.